The van der Waals surface area contributed by atoms with Crippen LogP contribution in [0, 0.1) is 0 Å². The molecule has 1 aliphatic heterocycles. The largest absolute Gasteiger partial charge is 0.345 e. The first-order chi connectivity index (χ1) is 10.9. The molecule has 1 amide bonds. The van der Waals surface area contributed by atoms with Crippen LogP contribution in [0.4, 0.5) is 0 Å². The minimum Gasteiger partial charge on any atom is -0.345 e. The first-order valence-electron chi connectivity index (χ1n) is 7.64. The van der Waals surface area contributed by atoms with Gasteiger partial charge in [0.05, 0.1) is 4.90 Å². The first-order valence-corrected chi connectivity index (χ1v) is 9.13. The average Bonchev–Trinajstić information content (AvgIpc) is 2.55. The normalized spacial score (nSPS) is 16.3. The SMILES string of the molecule is CN(C)C(=O)c1cccc(S(=O)(=O)NCCN2CCNCC2)c1. The fourth-order valence-corrected chi connectivity index (χ4v) is 3.48. The van der Waals surface area contributed by atoms with Crippen molar-refractivity contribution in [3.63, 3.8) is 0 Å². The van der Waals surface area contributed by atoms with Gasteiger partial charge in [-0.1, -0.05) is 6.07 Å². The van der Waals surface area contributed by atoms with E-state index in [-0.39, 0.29) is 10.8 Å². The van der Waals surface area contributed by atoms with Crippen LogP contribution in [-0.2, 0) is 10.0 Å². The van der Waals surface area contributed by atoms with Gasteiger partial charge in [-0.05, 0) is 18.2 Å². The molecule has 1 aromatic carbocycles. The third-order valence-electron chi connectivity index (χ3n) is 3.73. The zero-order chi connectivity index (χ0) is 16.9. The lowest BCUT2D eigenvalue weighted by Crippen LogP contribution is -2.46. The highest BCUT2D eigenvalue weighted by molar-refractivity contribution is 7.89. The Morgan fingerprint density at radius 3 is 2.65 bits per heavy atom. The molecule has 0 atom stereocenters. The van der Waals surface area contributed by atoms with Gasteiger partial charge in [-0.2, -0.15) is 0 Å². The number of sulfonamides is 1. The van der Waals surface area contributed by atoms with Crippen LogP contribution in [0.5, 0.6) is 0 Å². The Labute approximate surface area is 137 Å². The molecule has 0 aliphatic carbocycles. The molecule has 1 saturated heterocycles. The minimum atomic E-state index is -3.61. The van der Waals surface area contributed by atoms with E-state index in [4.69, 9.17) is 0 Å². The summed E-state index contributed by atoms with van der Waals surface area (Å²) in [5.41, 5.74) is 0.361. The lowest BCUT2D eigenvalue weighted by atomic mass is 10.2. The number of nitrogens with one attached hydrogen (secondary N) is 2. The summed E-state index contributed by atoms with van der Waals surface area (Å²) in [5, 5.41) is 3.26. The molecule has 1 fully saturated rings. The molecule has 1 aliphatic rings. The second-order valence-corrected chi connectivity index (χ2v) is 7.48. The number of hydrogen-bond acceptors (Lipinski definition) is 5. The van der Waals surface area contributed by atoms with Crippen molar-refractivity contribution in [2.75, 3.05) is 53.4 Å². The standard InChI is InChI=1S/C15H24N4O3S/c1-18(2)15(20)13-4-3-5-14(12-13)23(21,22)17-8-11-19-9-6-16-7-10-19/h3-5,12,16-17H,6-11H2,1-2H3. The number of hydrogen-bond donors (Lipinski definition) is 2. The van der Waals surface area contributed by atoms with E-state index in [0.29, 0.717) is 18.7 Å². The van der Waals surface area contributed by atoms with Crippen molar-refractivity contribution in [3.8, 4) is 0 Å². The molecule has 1 heterocycles. The molecule has 0 aromatic heterocycles. The lowest BCUT2D eigenvalue weighted by Gasteiger charge is -2.27. The molecule has 0 radical (unpaired) electrons. The van der Waals surface area contributed by atoms with Crippen LogP contribution < -0.4 is 10.0 Å². The number of carbonyl (C=O) groups is 1. The van der Waals surface area contributed by atoms with Crippen LogP contribution in [0.25, 0.3) is 0 Å². The average molecular weight is 340 g/mol. The van der Waals surface area contributed by atoms with Crippen LogP contribution in [-0.4, -0.2) is 77.5 Å². The third-order valence-corrected chi connectivity index (χ3v) is 5.19. The lowest BCUT2D eigenvalue weighted by molar-refractivity contribution is 0.0827. The van der Waals surface area contributed by atoms with Gasteiger partial charge in [0.25, 0.3) is 5.91 Å². The van der Waals surface area contributed by atoms with Gasteiger partial charge in [0.2, 0.25) is 10.0 Å². The van der Waals surface area contributed by atoms with Crippen LogP contribution in [0.3, 0.4) is 0 Å². The Bertz CT molecular complexity index is 640. The van der Waals surface area contributed by atoms with E-state index in [9.17, 15) is 13.2 Å². The fraction of sp³-hybridized carbons (Fsp3) is 0.533. The summed E-state index contributed by atoms with van der Waals surface area (Å²) >= 11 is 0. The van der Waals surface area contributed by atoms with Crippen molar-refractivity contribution in [2.45, 2.75) is 4.90 Å². The van der Waals surface area contributed by atoms with Gasteiger partial charge < -0.3 is 10.2 Å². The number of amides is 1. The van der Waals surface area contributed by atoms with E-state index < -0.39 is 10.0 Å². The van der Waals surface area contributed by atoms with Crippen molar-refractivity contribution in [2.24, 2.45) is 0 Å². The highest BCUT2D eigenvalue weighted by Gasteiger charge is 2.17. The van der Waals surface area contributed by atoms with Gasteiger partial charge >= 0.3 is 0 Å². The Morgan fingerprint density at radius 2 is 2.00 bits per heavy atom. The van der Waals surface area contributed by atoms with Gasteiger partial charge in [-0.15, -0.1) is 0 Å². The maximum Gasteiger partial charge on any atom is 0.253 e. The van der Waals surface area contributed by atoms with E-state index >= 15 is 0 Å². The molecule has 23 heavy (non-hydrogen) atoms. The highest BCUT2D eigenvalue weighted by Crippen LogP contribution is 2.12. The Kier molecular flexibility index (Phi) is 6.11. The second kappa shape index (κ2) is 7.87. The van der Waals surface area contributed by atoms with Crippen LogP contribution in [0.2, 0.25) is 0 Å². The molecule has 0 saturated carbocycles. The summed E-state index contributed by atoms with van der Waals surface area (Å²) in [6, 6.07) is 6.11. The van der Waals surface area contributed by atoms with E-state index in [0.717, 1.165) is 26.2 Å². The maximum absolute atomic E-state index is 12.4. The van der Waals surface area contributed by atoms with Gasteiger partial charge in [0.1, 0.15) is 0 Å². The quantitative estimate of drug-likeness (QED) is 0.735. The summed E-state index contributed by atoms with van der Waals surface area (Å²) in [6.07, 6.45) is 0. The first kappa shape index (κ1) is 17.9. The zero-order valence-electron chi connectivity index (χ0n) is 13.6. The number of piperazine rings is 1. The topological polar surface area (TPSA) is 81.8 Å². The van der Waals surface area contributed by atoms with Crippen LogP contribution >= 0.6 is 0 Å². The number of rotatable bonds is 6. The van der Waals surface area contributed by atoms with Gasteiger partial charge in [0.15, 0.2) is 0 Å². The molecule has 7 nitrogen and oxygen atoms in total. The molecule has 8 heteroatoms. The molecule has 1 aromatic rings. The molecule has 128 valence electrons. The molecule has 2 rings (SSSR count). The number of benzene rings is 1. The van der Waals surface area contributed by atoms with Crippen LogP contribution in [0.15, 0.2) is 29.2 Å². The van der Waals surface area contributed by atoms with E-state index in [1.165, 1.54) is 17.0 Å². The summed E-state index contributed by atoms with van der Waals surface area (Å²) in [7, 11) is -0.338. The number of nitrogens with zero attached hydrogens (tertiary/aromatic N) is 2. The Morgan fingerprint density at radius 1 is 1.30 bits per heavy atom. The predicted molar refractivity (Wildman–Crippen MR) is 89.0 cm³/mol. The second-order valence-electron chi connectivity index (χ2n) is 5.72. The highest BCUT2D eigenvalue weighted by atomic mass is 32.2. The van der Waals surface area contributed by atoms with E-state index in [1.807, 2.05) is 0 Å². The minimum absolute atomic E-state index is 0.116. The van der Waals surface area contributed by atoms with Gasteiger partial charge in [-0.25, -0.2) is 13.1 Å². The summed E-state index contributed by atoms with van der Waals surface area (Å²) in [6.45, 7) is 4.75. The summed E-state index contributed by atoms with van der Waals surface area (Å²) in [4.78, 5) is 15.7. The monoisotopic (exact) mass is 340 g/mol. The molecular formula is C15H24N4O3S. The van der Waals surface area contributed by atoms with Crippen molar-refractivity contribution < 1.29 is 13.2 Å². The van der Waals surface area contributed by atoms with Crippen molar-refractivity contribution >= 4 is 15.9 Å². The third kappa shape index (κ3) is 5.00. The maximum atomic E-state index is 12.4. The Balaban J connectivity index is 1.98. The predicted octanol–water partition coefficient (Wildman–Crippen LogP) is -0.428. The fourth-order valence-electron chi connectivity index (χ4n) is 2.41. The van der Waals surface area contributed by atoms with Crippen LogP contribution in [0.1, 0.15) is 10.4 Å². The summed E-state index contributed by atoms with van der Waals surface area (Å²) in [5.74, 6) is -0.220. The van der Waals surface area contributed by atoms with Gasteiger partial charge in [-0.3, -0.25) is 9.69 Å². The van der Waals surface area contributed by atoms with E-state index in [2.05, 4.69) is 14.9 Å². The van der Waals surface area contributed by atoms with Crippen molar-refractivity contribution in [3.05, 3.63) is 29.8 Å². The Hall–Kier alpha value is -1.48. The van der Waals surface area contributed by atoms with Crippen molar-refractivity contribution in [1.29, 1.82) is 0 Å². The van der Waals surface area contributed by atoms with E-state index in [1.54, 1.807) is 26.2 Å². The molecule has 0 bridgehead atoms. The molecule has 0 unspecified atom stereocenters. The zero-order valence-corrected chi connectivity index (χ0v) is 14.4. The number of carbonyl (C=O) groups excluding carboxylic acids is 1. The van der Waals surface area contributed by atoms with Gasteiger partial charge in [0, 0.05) is 58.9 Å². The van der Waals surface area contributed by atoms with Crippen molar-refractivity contribution in [1.82, 2.24) is 19.8 Å². The molecule has 0 spiro atoms. The smallest absolute Gasteiger partial charge is 0.253 e. The molecule has 2 N–H and O–H groups in total. The summed E-state index contributed by atoms with van der Waals surface area (Å²) < 4.78 is 27.3. The molecular weight excluding hydrogens is 316 g/mol.